The van der Waals surface area contributed by atoms with Gasteiger partial charge in [0.25, 0.3) is 0 Å². The molecule has 1 aromatic rings. The summed E-state index contributed by atoms with van der Waals surface area (Å²) >= 11 is 0. The van der Waals surface area contributed by atoms with Crippen LogP contribution in [0.15, 0.2) is 23.3 Å². The SMILES string of the molecule is CCCCCCCCS(=O)(=O)N/N=C(/CCCC)c1cc(C)ccc1O. The van der Waals surface area contributed by atoms with Gasteiger partial charge >= 0.3 is 0 Å². The second kappa shape index (κ2) is 11.9. The Labute approximate surface area is 159 Å². The number of phenols is 1. The molecule has 1 aromatic carbocycles. The maximum atomic E-state index is 12.2. The van der Waals surface area contributed by atoms with Gasteiger partial charge < -0.3 is 5.11 Å². The number of phenolic OH excluding ortho intramolecular Hbond substituents is 1. The summed E-state index contributed by atoms with van der Waals surface area (Å²) in [5.74, 6) is 0.212. The highest BCUT2D eigenvalue weighted by atomic mass is 32.2. The molecule has 0 aliphatic rings. The van der Waals surface area contributed by atoms with Crippen LogP contribution < -0.4 is 4.83 Å². The molecule has 0 bridgehead atoms. The average Bonchev–Trinajstić information content (AvgIpc) is 2.60. The molecule has 0 heterocycles. The summed E-state index contributed by atoms with van der Waals surface area (Å²) in [6.07, 6.45) is 8.66. The number of nitrogens with one attached hydrogen (secondary N) is 1. The third kappa shape index (κ3) is 8.70. The van der Waals surface area contributed by atoms with E-state index in [4.69, 9.17) is 0 Å². The summed E-state index contributed by atoms with van der Waals surface area (Å²) in [5, 5.41) is 14.3. The predicted octanol–water partition coefficient (Wildman–Crippen LogP) is 4.87. The lowest BCUT2D eigenvalue weighted by atomic mass is 10.0. The Kier molecular flexibility index (Phi) is 10.3. The molecule has 5 nitrogen and oxygen atoms in total. The van der Waals surface area contributed by atoms with Gasteiger partial charge in [-0.25, -0.2) is 13.2 Å². The lowest BCUT2D eigenvalue weighted by Crippen LogP contribution is -2.23. The molecule has 0 saturated carbocycles. The van der Waals surface area contributed by atoms with Crippen molar-refractivity contribution in [3.63, 3.8) is 0 Å². The summed E-state index contributed by atoms with van der Waals surface area (Å²) in [4.78, 5) is 2.36. The minimum atomic E-state index is -3.44. The minimum absolute atomic E-state index is 0.0868. The van der Waals surface area contributed by atoms with Crippen molar-refractivity contribution in [1.82, 2.24) is 4.83 Å². The molecule has 2 N–H and O–H groups in total. The number of rotatable bonds is 13. The zero-order valence-corrected chi connectivity index (χ0v) is 17.2. The monoisotopic (exact) mass is 382 g/mol. The first kappa shape index (κ1) is 22.5. The molecule has 0 aromatic heterocycles. The van der Waals surface area contributed by atoms with Gasteiger partial charge in [-0.05, 0) is 38.3 Å². The smallest absolute Gasteiger partial charge is 0.247 e. The quantitative estimate of drug-likeness (QED) is 0.290. The van der Waals surface area contributed by atoms with Gasteiger partial charge in [-0.15, -0.1) is 0 Å². The highest BCUT2D eigenvalue weighted by molar-refractivity contribution is 7.89. The molecular weight excluding hydrogens is 348 g/mol. The maximum Gasteiger partial charge on any atom is 0.247 e. The first-order valence-corrected chi connectivity index (χ1v) is 11.4. The van der Waals surface area contributed by atoms with Crippen LogP contribution in [-0.4, -0.2) is 25.0 Å². The van der Waals surface area contributed by atoms with Gasteiger partial charge in [0, 0.05) is 5.56 Å². The van der Waals surface area contributed by atoms with Gasteiger partial charge in [-0.1, -0.05) is 64.0 Å². The van der Waals surface area contributed by atoms with E-state index in [0.717, 1.165) is 37.7 Å². The molecule has 6 heteroatoms. The molecule has 0 saturated heterocycles. The van der Waals surface area contributed by atoms with Crippen LogP contribution in [0.2, 0.25) is 0 Å². The Morgan fingerprint density at radius 2 is 1.69 bits per heavy atom. The number of aryl methyl sites for hydroxylation is 1. The molecule has 0 fully saturated rings. The lowest BCUT2D eigenvalue weighted by Gasteiger charge is -2.11. The Hall–Kier alpha value is -1.56. The van der Waals surface area contributed by atoms with Crippen LogP contribution in [0.5, 0.6) is 5.75 Å². The summed E-state index contributed by atoms with van der Waals surface area (Å²) < 4.78 is 24.4. The van der Waals surface area contributed by atoms with Crippen molar-refractivity contribution in [2.24, 2.45) is 5.10 Å². The number of hydrazone groups is 1. The largest absolute Gasteiger partial charge is 0.507 e. The summed E-state index contributed by atoms with van der Waals surface area (Å²) in [7, 11) is -3.44. The van der Waals surface area contributed by atoms with E-state index in [2.05, 4.69) is 23.8 Å². The van der Waals surface area contributed by atoms with Gasteiger partial charge in [-0.3, -0.25) is 0 Å². The number of hydrogen-bond acceptors (Lipinski definition) is 4. The van der Waals surface area contributed by atoms with Crippen LogP contribution in [0.25, 0.3) is 0 Å². The Morgan fingerprint density at radius 3 is 2.38 bits per heavy atom. The zero-order valence-electron chi connectivity index (χ0n) is 16.4. The molecule has 0 atom stereocenters. The summed E-state index contributed by atoms with van der Waals surface area (Å²) in [5.41, 5.74) is 2.18. The first-order chi connectivity index (χ1) is 12.4. The molecule has 0 amide bonds. The summed E-state index contributed by atoms with van der Waals surface area (Å²) in [6, 6.07) is 5.28. The van der Waals surface area contributed by atoms with Gasteiger partial charge in [0.05, 0.1) is 11.5 Å². The third-order valence-electron chi connectivity index (χ3n) is 4.32. The molecule has 0 aliphatic heterocycles. The van der Waals surface area contributed by atoms with E-state index in [1.807, 2.05) is 19.1 Å². The van der Waals surface area contributed by atoms with Gasteiger partial charge in [0.2, 0.25) is 10.0 Å². The minimum Gasteiger partial charge on any atom is -0.507 e. The Balaban J connectivity index is 2.72. The van der Waals surface area contributed by atoms with Crippen LogP contribution in [0, 0.1) is 6.92 Å². The van der Waals surface area contributed by atoms with Gasteiger partial charge in [-0.2, -0.15) is 5.10 Å². The Bertz CT molecular complexity index is 670. The second-order valence-corrected chi connectivity index (χ2v) is 8.68. The van der Waals surface area contributed by atoms with Gasteiger partial charge in [0.15, 0.2) is 0 Å². The number of sulfonamides is 1. The Morgan fingerprint density at radius 1 is 1.04 bits per heavy atom. The van der Waals surface area contributed by atoms with E-state index in [0.29, 0.717) is 24.1 Å². The number of aromatic hydroxyl groups is 1. The highest BCUT2D eigenvalue weighted by Crippen LogP contribution is 2.21. The number of unbranched alkanes of at least 4 members (excludes halogenated alkanes) is 6. The standard InChI is InChI=1S/C20H34N2O3S/c1-4-6-8-9-10-11-15-26(24,25)22-21-19(12-7-5-2)18-16-17(3)13-14-20(18)23/h13-14,16,22-23H,4-12,15H2,1-3H3/b21-19-. The molecule has 0 unspecified atom stereocenters. The van der Waals surface area contributed by atoms with Crippen LogP contribution in [0.1, 0.15) is 82.8 Å². The molecule has 1 rings (SSSR count). The molecule has 148 valence electrons. The van der Waals surface area contributed by atoms with Crippen molar-refractivity contribution in [2.45, 2.75) is 78.6 Å². The van der Waals surface area contributed by atoms with E-state index < -0.39 is 10.0 Å². The van der Waals surface area contributed by atoms with Crippen LogP contribution >= 0.6 is 0 Å². The van der Waals surface area contributed by atoms with E-state index in [1.54, 1.807) is 6.07 Å². The molecule has 0 radical (unpaired) electrons. The fourth-order valence-electron chi connectivity index (χ4n) is 2.72. The first-order valence-electron chi connectivity index (χ1n) is 9.75. The number of hydrogen-bond donors (Lipinski definition) is 2. The van der Waals surface area contributed by atoms with Crippen LogP contribution in [0.4, 0.5) is 0 Å². The fraction of sp³-hybridized carbons (Fsp3) is 0.650. The van der Waals surface area contributed by atoms with Crippen molar-refractivity contribution in [3.8, 4) is 5.75 Å². The molecule has 0 spiro atoms. The summed E-state index contributed by atoms with van der Waals surface area (Å²) in [6.45, 7) is 6.16. The zero-order chi connectivity index (χ0) is 19.4. The predicted molar refractivity (Wildman–Crippen MR) is 109 cm³/mol. The molecular formula is C20H34N2O3S. The number of nitrogens with zero attached hydrogens (tertiary/aromatic N) is 1. The van der Waals surface area contributed by atoms with Crippen LogP contribution in [-0.2, 0) is 10.0 Å². The van der Waals surface area contributed by atoms with Crippen molar-refractivity contribution >= 4 is 15.7 Å². The van der Waals surface area contributed by atoms with Gasteiger partial charge in [0.1, 0.15) is 5.75 Å². The molecule has 26 heavy (non-hydrogen) atoms. The van der Waals surface area contributed by atoms with E-state index in [1.165, 1.54) is 12.8 Å². The normalized spacial score (nSPS) is 12.3. The molecule has 0 aliphatic carbocycles. The van der Waals surface area contributed by atoms with Crippen molar-refractivity contribution < 1.29 is 13.5 Å². The van der Waals surface area contributed by atoms with E-state index >= 15 is 0 Å². The highest BCUT2D eigenvalue weighted by Gasteiger charge is 2.13. The average molecular weight is 383 g/mol. The van der Waals surface area contributed by atoms with E-state index in [9.17, 15) is 13.5 Å². The van der Waals surface area contributed by atoms with Crippen molar-refractivity contribution in [2.75, 3.05) is 5.75 Å². The lowest BCUT2D eigenvalue weighted by molar-refractivity contribution is 0.473. The number of benzene rings is 1. The topological polar surface area (TPSA) is 78.8 Å². The van der Waals surface area contributed by atoms with Crippen molar-refractivity contribution in [1.29, 1.82) is 0 Å². The van der Waals surface area contributed by atoms with Crippen LogP contribution in [0.3, 0.4) is 0 Å². The maximum absolute atomic E-state index is 12.2. The fourth-order valence-corrected chi connectivity index (χ4v) is 3.64. The van der Waals surface area contributed by atoms with Crippen molar-refractivity contribution in [3.05, 3.63) is 29.3 Å². The third-order valence-corrected chi connectivity index (χ3v) is 5.51. The second-order valence-electron chi connectivity index (χ2n) is 6.86. The van der Waals surface area contributed by atoms with E-state index in [-0.39, 0.29) is 11.5 Å².